The van der Waals surface area contributed by atoms with Crippen molar-refractivity contribution in [3.63, 3.8) is 0 Å². The fourth-order valence-electron chi connectivity index (χ4n) is 3.64. The second-order valence-corrected chi connectivity index (χ2v) is 7.41. The molecular weight excluding hydrogens is 421 g/mol. The first-order valence-corrected chi connectivity index (χ1v) is 10.2. The molecule has 0 aliphatic carbocycles. The molecule has 2 heterocycles. The Morgan fingerprint density at radius 3 is 2.42 bits per heavy atom. The molecule has 0 saturated carbocycles. The van der Waals surface area contributed by atoms with E-state index in [0.717, 1.165) is 5.56 Å². The molecular formula is C25H18FN5O2. The van der Waals surface area contributed by atoms with Crippen LogP contribution in [0.15, 0.2) is 96.1 Å². The van der Waals surface area contributed by atoms with E-state index < -0.39 is 11.7 Å². The van der Waals surface area contributed by atoms with E-state index in [1.165, 1.54) is 21.5 Å². The van der Waals surface area contributed by atoms with Crippen molar-refractivity contribution >= 4 is 22.4 Å². The number of anilines is 1. The first-order valence-electron chi connectivity index (χ1n) is 10.2. The molecule has 1 N–H and O–H groups in total. The number of halogens is 1. The molecule has 0 fully saturated rings. The number of aromatic nitrogens is 4. The Labute approximate surface area is 187 Å². The van der Waals surface area contributed by atoms with Gasteiger partial charge in [0.25, 0.3) is 11.5 Å². The van der Waals surface area contributed by atoms with E-state index in [1.54, 1.807) is 48.8 Å². The zero-order valence-electron chi connectivity index (χ0n) is 17.4. The van der Waals surface area contributed by atoms with Crippen molar-refractivity contribution in [3.05, 3.63) is 119 Å². The Morgan fingerprint density at radius 2 is 1.70 bits per heavy atom. The van der Waals surface area contributed by atoms with Gasteiger partial charge in [-0.25, -0.2) is 13.8 Å². The standard InChI is InChI=1S/C25H18FN5O2/c26-21-15-18(11-12-22(21)30-14-6-13-27-30)28-24(32)23-19-9-4-5-10-20(19)25(33)31(29-23)16-17-7-2-1-3-8-17/h1-15H,16H2,(H,28,32). The van der Waals surface area contributed by atoms with Crippen LogP contribution in [0, 0.1) is 5.82 Å². The highest BCUT2D eigenvalue weighted by Gasteiger charge is 2.18. The van der Waals surface area contributed by atoms with Gasteiger partial charge in [0.2, 0.25) is 0 Å². The van der Waals surface area contributed by atoms with Gasteiger partial charge in [0.15, 0.2) is 11.5 Å². The Morgan fingerprint density at radius 1 is 0.939 bits per heavy atom. The molecule has 0 aliphatic rings. The van der Waals surface area contributed by atoms with E-state index in [2.05, 4.69) is 15.5 Å². The van der Waals surface area contributed by atoms with Crippen LogP contribution >= 0.6 is 0 Å². The van der Waals surface area contributed by atoms with Gasteiger partial charge in [-0.2, -0.15) is 10.2 Å². The lowest BCUT2D eigenvalue weighted by Gasteiger charge is -2.12. The number of nitrogens with zero attached hydrogens (tertiary/aromatic N) is 4. The van der Waals surface area contributed by atoms with Gasteiger partial charge in [0.1, 0.15) is 5.69 Å². The second-order valence-electron chi connectivity index (χ2n) is 7.41. The molecule has 5 aromatic rings. The Hall–Kier alpha value is -4.59. The zero-order chi connectivity index (χ0) is 22.8. The summed E-state index contributed by atoms with van der Waals surface area (Å²) >= 11 is 0. The average Bonchev–Trinajstić information content (AvgIpc) is 3.36. The Bertz CT molecular complexity index is 1510. The Kier molecular flexibility index (Phi) is 5.24. The van der Waals surface area contributed by atoms with Gasteiger partial charge in [-0.1, -0.05) is 48.5 Å². The minimum Gasteiger partial charge on any atom is -0.320 e. The smallest absolute Gasteiger partial charge is 0.276 e. The Balaban J connectivity index is 1.51. The van der Waals surface area contributed by atoms with Crippen molar-refractivity contribution in [1.82, 2.24) is 19.6 Å². The van der Waals surface area contributed by atoms with Gasteiger partial charge in [-0.05, 0) is 35.9 Å². The molecule has 2 aromatic heterocycles. The van der Waals surface area contributed by atoms with E-state index in [1.807, 2.05) is 30.3 Å². The SMILES string of the molecule is O=C(Nc1ccc(-n2cccn2)c(F)c1)c1nn(Cc2ccccc2)c(=O)c2ccccc12. The maximum Gasteiger partial charge on any atom is 0.276 e. The van der Waals surface area contributed by atoms with Crippen molar-refractivity contribution < 1.29 is 9.18 Å². The minimum atomic E-state index is -0.542. The van der Waals surface area contributed by atoms with Crippen LogP contribution < -0.4 is 10.9 Å². The highest BCUT2D eigenvalue weighted by atomic mass is 19.1. The average molecular weight is 439 g/mol. The molecule has 0 radical (unpaired) electrons. The van der Waals surface area contributed by atoms with Crippen LogP contribution in [0.4, 0.5) is 10.1 Å². The topological polar surface area (TPSA) is 81.8 Å². The van der Waals surface area contributed by atoms with Gasteiger partial charge < -0.3 is 5.32 Å². The third-order valence-corrected chi connectivity index (χ3v) is 5.21. The number of hydrogen-bond donors (Lipinski definition) is 1. The summed E-state index contributed by atoms with van der Waals surface area (Å²) in [7, 11) is 0. The first kappa shape index (κ1) is 20.3. The van der Waals surface area contributed by atoms with Gasteiger partial charge in [-0.15, -0.1) is 0 Å². The molecule has 7 nitrogen and oxygen atoms in total. The maximum absolute atomic E-state index is 14.6. The van der Waals surface area contributed by atoms with Crippen molar-refractivity contribution in [2.45, 2.75) is 6.54 Å². The summed E-state index contributed by atoms with van der Waals surface area (Å²) in [6, 6.07) is 22.2. The third kappa shape index (κ3) is 4.01. The molecule has 5 rings (SSSR count). The predicted molar refractivity (Wildman–Crippen MR) is 123 cm³/mol. The van der Waals surface area contributed by atoms with E-state index in [-0.39, 0.29) is 29.2 Å². The van der Waals surface area contributed by atoms with E-state index in [4.69, 9.17) is 0 Å². The number of carbonyl (C=O) groups excluding carboxylic acids is 1. The molecule has 3 aromatic carbocycles. The zero-order valence-corrected chi connectivity index (χ0v) is 17.4. The summed E-state index contributed by atoms with van der Waals surface area (Å²) in [5, 5.41) is 11.9. The molecule has 33 heavy (non-hydrogen) atoms. The summed E-state index contributed by atoms with van der Waals surface area (Å²) in [6.45, 7) is 0.220. The molecule has 0 atom stereocenters. The van der Waals surface area contributed by atoms with Crippen LogP contribution in [0.2, 0.25) is 0 Å². The number of carbonyl (C=O) groups is 1. The third-order valence-electron chi connectivity index (χ3n) is 5.21. The van der Waals surface area contributed by atoms with Gasteiger partial charge in [0, 0.05) is 23.5 Å². The highest BCUT2D eigenvalue weighted by molar-refractivity contribution is 6.11. The fourth-order valence-corrected chi connectivity index (χ4v) is 3.64. The molecule has 0 saturated heterocycles. The van der Waals surface area contributed by atoms with Crippen LogP contribution in [0.5, 0.6) is 0 Å². The van der Waals surface area contributed by atoms with E-state index in [0.29, 0.717) is 10.8 Å². The number of hydrogen-bond acceptors (Lipinski definition) is 4. The first-order chi connectivity index (χ1) is 16.1. The van der Waals surface area contributed by atoms with Gasteiger partial charge in [0.05, 0.1) is 11.9 Å². The molecule has 0 aliphatic heterocycles. The van der Waals surface area contributed by atoms with Crippen LogP contribution in [-0.4, -0.2) is 25.5 Å². The van der Waals surface area contributed by atoms with Crippen LogP contribution in [0.1, 0.15) is 16.1 Å². The largest absolute Gasteiger partial charge is 0.320 e. The molecule has 0 spiro atoms. The quantitative estimate of drug-likeness (QED) is 0.448. The monoisotopic (exact) mass is 439 g/mol. The van der Waals surface area contributed by atoms with Crippen LogP contribution in [0.3, 0.4) is 0 Å². The minimum absolute atomic E-state index is 0.0812. The predicted octanol–water partition coefficient (Wildman–Crippen LogP) is 4.02. The van der Waals surface area contributed by atoms with Crippen LogP contribution in [-0.2, 0) is 6.54 Å². The molecule has 1 amide bonds. The van der Waals surface area contributed by atoms with E-state index >= 15 is 0 Å². The number of fused-ring (bicyclic) bond motifs is 1. The van der Waals surface area contributed by atoms with Gasteiger partial charge in [-0.3, -0.25) is 9.59 Å². The molecule has 162 valence electrons. The fraction of sp³-hybridized carbons (Fsp3) is 0.0400. The lowest BCUT2D eigenvalue weighted by Crippen LogP contribution is -2.28. The number of amides is 1. The second kappa shape index (κ2) is 8.51. The number of nitrogens with one attached hydrogen (secondary N) is 1. The highest BCUT2D eigenvalue weighted by Crippen LogP contribution is 2.20. The lowest BCUT2D eigenvalue weighted by atomic mass is 10.1. The summed E-state index contributed by atoms with van der Waals surface area (Å²) in [5.74, 6) is -1.08. The van der Waals surface area contributed by atoms with E-state index in [9.17, 15) is 14.0 Å². The lowest BCUT2D eigenvalue weighted by molar-refractivity contribution is 0.102. The summed E-state index contributed by atoms with van der Waals surface area (Å²) in [4.78, 5) is 26.1. The molecule has 0 unspecified atom stereocenters. The van der Waals surface area contributed by atoms with Crippen molar-refractivity contribution in [2.24, 2.45) is 0 Å². The summed E-state index contributed by atoms with van der Waals surface area (Å²) in [6.07, 6.45) is 3.18. The summed E-state index contributed by atoms with van der Waals surface area (Å²) < 4.78 is 17.3. The number of rotatable bonds is 5. The van der Waals surface area contributed by atoms with Crippen molar-refractivity contribution in [1.29, 1.82) is 0 Å². The van der Waals surface area contributed by atoms with Crippen molar-refractivity contribution in [3.8, 4) is 5.69 Å². The number of benzene rings is 3. The summed E-state index contributed by atoms with van der Waals surface area (Å²) in [5.41, 5.74) is 1.20. The van der Waals surface area contributed by atoms with Crippen LogP contribution in [0.25, 0.3) is 16.5 Å². The van der Waals surface area contributed by atoms with Crippen molar-refractivity contribution in [2.75, 3.05) is 5.32 Å². The maximum atomic E-state index is 14.6. The van der Waals surface area contributed by atoms with Gasteiger partial charge >= 0.3 is 0 Å². The molecule has 8 heteroatoms. The molecule has 0 bridgehead atoms. The normalized spacial score (nSPS) is 10.9.